The second-order valence-corrected chi connectivity index (χ2v) is 7.75. The number of likely N-dealkylation sites (tertiary alicyclic amines) is 1. The molecule has 0 aromatic rings. The Kier molecular flexibility index (Phi) is 6.93. The van der Waals surface area contributed by atoms with Crippen molar-refractivity contribution in [2.45, 2.75) is 51.6 Å². The second-order valence-electron chi connectivity index (χ2n) is 7.75. The highest BCUT2D eigenvalue weighted by atomic mass is 16.5. The van der Waals surface area contributed by atoms with Crippen LogP contribution in [0.25, 0.3) is 0 Å². The van der Waals surface area contributed by atoms with Crippen LogP contribution in [0.4, 0.5) is 0 Å². The van der Waals surface area contributed by atoms with Gasteiger partial charge in [-0.25, -0.2) is 0 Å². The number of amides is 1. The van der Waals surface area contributed by atoms with E-state index in [1.165, 1.54) is 25.7 Å². The third-order valence-electron chi connectivity index (χ3n) is 5.95. The molecule has 0 bridgehead atoms. The first-order valence-electron chi connectivity index (χ1n) is 9.94. The van der Waals surface area contributed by atoms with Gasteiger partial charge in [0.1, 0.15) is 0 Å². The van der Waals surface area contributed by atoms with E-state index in [0.29, 0.717) is 31.1 Å². The number of nitrogens with zero attached hydrogens (tertiary/aromatic N) is 2. The maximum absolute atomic E-state index is 12.7. The first-order valence-corrected chi connectivity index (χ1v) is 9.94. The van der Waals surface area contributed by atoms with Crippen molar-refractivity contribution in [1.29, 1.82) is 0 Å². The van der Waals surface area contributed by atoms with Crippen LogP contribution in [0.1, 0.15) is 45.4 Å². The fourth-order valence-electron chi connectivity index (χ4n) is 4.37. The molecule has 3 fully saturated rings. The lowest BCUT2D eigenvalue weighted by Gasteiger charge is -2.36. The number of carbonyl (C=O) groups excluding carboxylic acids is 1. The fourth-order valence-corrected chi connectivity index (χ4v) is 4.37. The van der Waals surface area contributed by atoms with E-state index in [-0.39, 0.29) is 5.92 Å². The number of carbonyl (C=O) groups is 1. The first-order chi connectivity index (χ1) is 11.7. The smallest absolute Gasteiger partial charge is 0.227 e. The van der Waals surface area contributed by atoms with Gasteiger partial charge in [-0.15, -0.1) is 0 Å². The van der Waals surface area contributed by atoms with E-state index >= 15 is 0 Å². The molecular formula is C19H34N2O3. The van der Waals surface area contributed by atoms with Crippen molar-refractivity contribution in [2.75, 3.05) is 52.5 Å². The molecule has 5 nitrogen and oxygen atoms in total. The lowest BCUT2D eigenvalue weighted by molar-refractivity contribution is -0.141. The molecule has 1 saturated carbocycles. The first kappa shape index (κ1) is 18.2. The molecule has 24 heavy (non-hydrogen) atoms. The molecule has 0 spiro atoms. The van der Waals surface area contributed by atoms with Gasteiger partial charge in [0.15, 0.2) is 0 Å². The van der Waals surface area contributed by atoms with Crippen molar-refractivity contribution >= 4 is 5.91 Å². The number of piperidine rings is 1. The van der Waals surface area contributed by atoms with Crippen molar-refractivity contribution in [1.82, 2.24) is 9.80 Å². The molecule has 3 aliphatic rings. The predicted molar refractivity (Wildman–Crippen MR) is 93.9 cm³/mol. The summed E-state index contributed by atoms with van der Waals surface area (Å²) in [7, 11) is 0. The molecule has 3 atom stereocenters. The average Bonchev–Trinajstić information content (AvgIpc) is 2.64. The Hall–Kier alpha value is -0.650. The average molecular weight is 338 g/mol. The van der Waals surface area contributed by atoms with Gasteiger partial charge in [-0.2, -0.15) is 0 Å². The maximum atomic E-state index is 12.7. The van der Waals surface area contributed by atoms with Gasteiger partial charge >= 0.3 is 0 Å². The van der Waals surface area contributed by atoms with Crippen molar-refractivity contribution in [3.05, 3.63) is 0 Å². The van der Waals surface area contributed by atoms with Gasteiger partial charge < -0.3 is 19.3 Å². The lowest BCUT2D eigenvalue weighted by atomic mass is 9.88. The van der Waals surface area contributed by atoms with Gasteiger partial charge in [0.05, 0.1) is 31.8 Å². The number of hydrogen-bond acceptors (Lipinski definition) is 4. The van der Waals surface area contributed by atoms with E-state index in [4.69, 9.17) is 9.47 Å². The summed E-state index contributed by atoms with van der Waals surface area (Å²) in [5, 5.41) is 0. The van der Waals surface area contributed by atoms with Crippen LogP contribution in [-0.2, 0) is 14.3 Å². The van der Waals surface area contributed by atoms with Gasteiger partial charge in [0.2, 0.25) is 5.91 Å². The summed E-state index contributed by atoms with van der Waals surface area (Å²) in [5.41, 5.74) is 0. The highest BCUT2D eigenvalue weighted by Crippen LogP contribution is 2.26. The number of hydrogen-bond donors (Lipinski definition) is 0. The molecule has 138 valence electrons. The highest BCUT2D eigenvalue weighted by Gasteiger charge is 2.30. The monoisotopic (exact) mass is 338 g/mol. The summed E-state index contributed by atoms with van der Waals surface area (Å²) in [6, 6.07) is 0. The molecule has 5 heteroatoms. The number of rotatable bonds is 5. The van der Waals surface area contributed by atoms with Crippen molar-refractivity contribution in [2.24, 2.45) is 11.8 Å². The molecule has 0 aromatic heterocycles. The quantitative estimate of drug-likeness (QED) is 0.770. The standard InChI is InChI=1S/C19H34N2O3/c1-16-5-2-3-7-18(16)24-14-9-20-8-4-6-17(15-20)19(22)21-10-12-23-13-11-21/h16-18H,2-15H2,1H3/t16-,17-,18-/m1/s1. The van der Waals surface area contributed by atoms with Gasteiger partial charge in [0, 0.05) is 26.2 Å². The van der Waals surface area contributed by atoms with E-state index in [9.17, 15) is 4.79 Å². The van der Waals surface area contributed by atoms with Crippen molar-refractivity contribution in [3.63, 3.8) is 0 Å². The van der Waals surface area contributed by atoms with Gasteiger partial charge in [-0.1, -0.05) is 19.8 Å². The Balaban J connectivity index is 1.39. The third kappa shape index (κ3) is 4.93. The summed E-state index contributed by atoms with van der Waals surface area (Å²) in [5.74, 6) is 1.21. The van der Waals surface area contributed by atoms with Crippen LogP contribution in [0.15, 0.2) is 0 Å². The Morgan fingerprint density at radius 2 is 1.88 bits per heavy atom. The van der Waals surface area contributed by atoms with Crippen molar-refractivity contribution in [3.8, 4) is 0 Å². The van der Waals surface area contributed by atoms with Crippen LogP contribution in [0, 0.1) is 11.8 Å². The van der Waals surface area contributed by atoms with Crippen LogP contribution in [-0.4, -0.2) is 74.4 Å². The Morgan fingerprint density at radius 3 is 2.67 bits per heavy atom. The van der Waals surface area contributed by atoms with E-state index in [1.54, 1.807) is 0 Å². The molecular weight excluding hydrogens is 304 g/mol. The molecule has 0 unspecified atom stereocenters. The lowest BCUT2D eigenvalue weighted by Crippen LogP contribution is -2.48. The van der Waals surface area contributed by atoms with Gasteiger partial charge in [-0.3, -0.25) is 4.79 Å². The van der Waals surface area contributed by atoms with E-state index in [2.05, 4.69) is 11.8 Å². The SMILES string of the molecule is C[C@@H]1CCCC[C@H]1OCCN1CCC[C@@H](C(=O)N2CCOCC2)C1. The molecule has 2 saturated heterocycles. The minimum absolute atomic E-state index is 0.172. The van der Waals surface area contributed by atoms with E-state index in [1.807, 2.05) is 4.90 Å². The normalized spacial score (nSPS) is 32.7. The molecule has 3 rings (SSSR count). The molecule has 0 aromatic carbocycles. The Bertz CT molecular complexity index is 398. The minimum Gasteiger partial charge on any atom is -0.378 e. The fraction of sp³-hybridized carbons (Fsp3) is 0.947. The van der Waals surface area contributed by atoms with E-state index in [0.717, 1.165) is 52.2 Å². The predicted octanol–water partition coefficient (Wildman–Crippen LogP) is 2.15. The summed E-state index contributed by atoms with van der Waals surface area (Å²) >= 11 is 0. The summed E-state index contributed by atoms with van der Waals surface area (Å²) in [6.07, 6.45) is 7.82. The van der Waals surface area contributed by atoms with Crippen LogP contribution >= 0.6 is 0 Å². The van der Waals surface area contributed by atoms with E-state index < -0.39 is 0 Å². The van der Waals surface area contributed by atoms with Crippen LogP contribution in [0.5, 0.6) is 0 Å². The summed E-state index contributed by atoms with van der Waals surface area (Å²) < 4.78 is 11.5. The third-order valence-corrected chi connectivity index (χ3v) is 5.95. The summed E-state index contributed by atoms with van der Waals surface area (Å²) in [6.45, 7) is 9.02. The Morgan fingerprint density at radius 1 is 1.08 bits per heavy atom. The Labute approximate surface area is 146 Å². The molecule has 1 amide bonds. The van der Waals surface area contributed by atoms with Crippen LogP contribution < -0.4 is 0 Å². The number of morpholine rings is 1. The highest BCUT2D eigenvalue weighted by molar-refractivity contribution is 5.79. The molecule has 2 heterocycles. The van der Waals surface area contributed by atoms with Crippen LogP contribution in [0.3, 0.4) is 0 Å². The zero-order chi connectivity index (χ0) is 16.8. The minimum atomic E-state index is 0.172. The zero-order valence-electron chi connectivity index (χ0n) is 15.3. The topological polar surface area (TPSA) is 42.0 Å². The van der Waals surface area contributed by atoms with Gasteiger partial charge in [-0.05, 0) is 38.1 Å². The zero-order valence-corrected chi connectivity index (χ0v) is 15.3. The second kappa shape index (κ2) is 9.16. The molecule has 0 N–H and O–H groups in total. The number of ether oxygens (including phenoxy) is 2. The van der Waals surface area contributed by atoms with Crippen molar-refractivity contribution < 1.29 is 14.3 Å². The molecule has 1 aliphatic carbocycles. The van der Waals surface area contributed by atoms with Crippen LogP contribution in [0.2, 0.25) is 0 Å². The van der Waals surface area contributed by atoms with Gasteiger partial charge in [0.25, 0.3) is 0 Å². The largest absolute Gasteiger partial charge is 0.378 e. The molecule has 2 aliphatic heterocycles. The molecule has 0 radical (unpaired) electrons. The summed E-state index contributed by atoms with van der Waals surface area (Å²) in [4.78, 5) is 17.1. The maximum Gasteiger partial charge on any atom is 0.227 e.